The first-order valence-corrected chi connectivity index (χ1v) is 10.5. The highest BCUT2D eigenvalue weighted by atomic mass is 32.2. The second kappa shape index (κ2) is 7.18. The molecule has 3 aromatic carbocycles. The van der Waals surface area contributed by atoms with E-state index in [4.69, 9.17) is 4.74 Å². The molecule has 0 unspecified atom stereocenters. The molecule has 1 aliphatic heterocycles. The van der Waals surface area contributed by atoms with Gasteiger partial charge in [-0.15, -0.1) is 0 Å². The summed E-state index contributed by atoms with van der Waals surface area (Å²) in [6.45, 7) is 2.27. The summed E-state index contributed by atoms with van der Waals surface area (Å²) in [6.07, 6.45) is 0. The Hall–Kier alpha value is -3.45. The fourth-order valence-corrected chi connectivity index (χ4v) is 4.95. The molecule has 1 amide bonds. The van der Waals surface area contributed by atoms with Gasteiger partial charge in [0, 0.05) is 16.7 Å². The Bertz CT molecular complexity index is 1250. The van der Waals surface area contributed by atoms with Crippen molar-refractivity contribution in [2.45, 2.75) is 16.7 Å². The molecule has 4 rings (SSSR count). The second-order valence-electron chi connectivity index (χ2n) is 6.42. The number of amides is 1. The molecule has 0 bridgehead atoms. The van der Waals surface area contributed by atoms with Crippen molar-refractivity contribution >= 4 is 27.2 Å². The maximum atomic E-state index is 13.0. The zero-order valence-corrected chi connectivity index (χ0v) is 16.3. The van der Waals surface area contributed by atoms with Crippen LogP contribution in [0.5, 0.6) is 5.75 Å². The summed E-state index contributed by atoms with van der Waals surface area (Å²) in [5.41, 5.74) is 0.810. The molecule has 6 nitrogen and oxygen atoms in total. The lowest BCUT2D eigenvalue weighted by Gasteiger charge is -2.19. The van der Waals surface area contributed by atoms with Crippen molar-refractivity contribution in [3.8, 4) is 5.75 Å². The van der Waals surface area contributed by atoms with Crippen LogP contribution in [-0.4, -0.2) is 26.7 Å². The van der Waals surface area contributed by atoms with E-state index >= 15 is 0 Å². The van der Waals surface area contributed by atoms with Crippen LogP contribution in [0.1, 0.15) is 33.2 Å². The largest absolute Gasteiger partial charge is 0.492 e. The summed E-state index contributed by atoms with van der Waals surface area (Å²) < 4.78 is 31.5. The van der Waals surface area contributed by atoms with E-state index in [2.05, 4.69) is 5.32 Å². The van der Waals surface area contributed by atoms with Gasteiger partial charge in [0.2, 0.25) is 9.84 Å². The fourth-order valence-electron chi connectivity index (χ4n) is 3.27. The number of carbonyl (C=O) groups excluding carboxylic acids is 2. The lowest BCUT2D eigenvalue weighted by atomic mass is 10.0. The van der Waals surface area contributed by atoms with E-state index in [-0.39, 0.29) is 32.3 Å². The van der Waals surface area contributed by atoms with Gasteiger partial charge >= 0.3 is 0 Å². The Balaban J connectivity index is 1.73. The molecule has 0 aliphatic carbocycles. The standard InChI is InChI=1S/C22H17NO5S/c1-2-28-18-9-5-4-8-17(18)23-22(25)14-11-12-16-20(13-14)29(26,27)19-10-6-3-7-15(19)21(16)24/h3-13H,2H2,1H3,(H,23,25). The maximum absolute atomic E-state index is 13.0. The van der Waals surface area contributed by atoms with Gasteiger partial charge in [-0.1, -0.05) is 24.3 Å². The first-order chi connectivity index (χ1) is 13.9. The molecule has 1 aliphatic rings. The van der Waals surface area contributed by atoms with E-state index in [1.165, 1.54) is 30.3 Å². The molecule has 0 saturated heterocycles. The van der Waals surface area contributed by atoms with Crippen LogP contribution in [0, 0.1) is 0 Å². The minimum Gasteiger partial charge on any atom is -0.492 e. The monoisotopic (exact) mass is 407 g/mol. The average Bonchev–Trinajstić information content (AvgIpc) is 2.73. The predicted octanol–water partition coefficient (Wildman–Crippen LogP) is 3.71. The van der Waals surface area contributed by atoms with E-state index in [1.54, 1.807) is 36.4 Å². The second-order valence-corrected chi connectivity index (χ2v) is 8.31. The number of rotatable bonds is 4. The molecule has 7 heteroatoms. The number of para-hydroxylation sites is 2. The van der Waals surface area contributed by atoms with Crippen molar-refractivity contribution < 1.29 is 22.7 Å². The van der Waals surface area contributed by atoms with Crippen molar-refractivity contribution in [1.82, 2.24) is 0 Å². The van der Waals surface area contributed by atoms with Crippen LogP contribution < -0.4 is 10.1 Å². The molecule has 1 N–H and O–H groups in total. The highest BCUT2D eigenvalue weighted by Crippen LogP contribution is 2.35. The van der Waals surface area contributed by atoms with Crippen molar-refractivity contribution in [3.05, 3.63) is 83.4 Å². The third kappa shape index (κ3) is 3.19. The van der Waals surface area contributed by atoms with Crippen LogP contribution in [0.3, 0.4) is 0 Å². The molecular weight excluding hydrogens is 390 g/mol. The van der Waals surface area contributed by atoms with Crippen LogP contribution in [0.15, 0.2) is 76.5 Å². The van der Waals surface area contributed by atoms with Gasteiger partial charge in [-0.3, -0.25) is 9.59 Å². The number of nitrogens with one attached hydrogen (secondary N) is 1. The van der Waals surface area contributed by atoms with E-state index < -0.39 is 15.7 Å². The van der Waals surface area contributed by atoms with E-state index in [0.717, 1.165) is 0 Å². The molecule has 1 heterocycles. The number of hydrogen-bond donors (Lipinski definition) is 1. The predicted molar refractivity (Wildman–Crippen MR) is 107 cm³/mol. The molecule has 0 spiro atoms. The van der Waals surface area contributed by atoms with Crippen LogP contribution in [-0.2, 0) is 9.84 Å². The van der Waals surface area contributed by atoms with Gasteiger partial charge in [0.05, 0.1) is 22.1 Å². The number of benzene rings is 3. The molecule has 0 radical (unpaired) electrons. The fraction of sp³-hybridized carbons (Fsp3) is 0.0909. The topological polar surface area (TPSA) is 89.5 Å². The number of anilines is 1. The summed E-state index contributed by atoms with van der Waals surface area (Å²) >= 11 is 0. The number of ketones is 1. The summed E-state index contributed by atoms with van der Waals surface area (Å²) in [4.78, 5) is 25.2. The third-order valence-corrected chi connectivity index (χ3v) is 6.49. The first kappa shape index (κ1) is 18.9. The maximum Gasteiger partial charge on any atom is 0.255 e. The average molecular weight is 407 g/mol. The molecule has 0 fully saturated rings. The van der Waals surface area contributed by atoms with Crippen molar-refractivity contribution in [3.63, 3.8) is 0 Å². The molecular formula is C22H17NO5S. The molecule has 3 aromatic rings. The minimum absolute atomic E-state index is 0.0447. The summed E-state index contributed by atoms with van der Waals surface area (Å²) in [5.74, 6) is -0.362. The van der Waals surface area contributed by atoms with Crippen molar-refractivity contribution in [2.24, 2.45) is 0 Å². The minimum atomic E-state index is -3.91. The zero-order valence-electron chi connectivity index (χ0n) is 15.5. The number of hydrogen-bond acceptors (Lipinski definition) is 5. The third-order valence-electron chi connectivity index (χ3n) is 4.63. The Morgan fingerprint density at radius 2 is 1.62 bits per heavy atom. The van der Waals surface area contributed by atoms with Gasteiger partial charge in [-0.25, -0.2) is 8.42 Å². The van der Waals surface area contributed by atoms with Gasteiger partial charge in [-0.2, -0.15) is 0 Å². The zero-order chi connectivity index (χ0) is 20.6. The first-order valence-electron chi connectivity index (χ1n) is 8.99. The van der Waals surface area contributed by atoms with Gasteiger partial charge in [0.1, 0.15) is 5.75 Å². The summed E-state index contributed by atoms with van der Waals surface area (Å²) in [5, 5.41) is 2.73. The number of carbonyl (C=O) groups is 2. The SMILES string of the molecule is CCOc1ccccc1NC(=O)c1ccc2c(c1)S(=O)(=O)c1ccccc1C2=O. The molecule has 29 heavy (non-hydrogen) atoms. The highest BCUT2D eigenvalue weighted by molar-refractivity contribution is 7.91. The molecule has 0 atom stereocenters. The van der Waals surface area contributed by atoms with Crippen LogP contribution in [0.4, 0.5) is 5.69 Å². The number of fused-ring (bicyclic) bond motifs is 2. The Labute approximate surface area is 168 Å². The molecule has 146 valence electrons. The summed E-state index contributed by atoms with van der Waals surface area (Å²) in [6, 6.07) is 17.1. The molecule has 0 aromatic heterocycles. The Kier molecular flexibility index (Phi) is 4.68. The van der Waals surface area contributed by atoms with Crippen LogP contribution in [0.2, 0.25) is 0 Å². The normalized spacial score (nSPS) is 13.9. The Morgan fingerprint density at radius 3 is 2.41 bits per heavy atom. The number of ether oxygens (including phenoxy) is 1. The van der Waals surface area contributed by atoms with Crippen molar-refractivity contribution in [1.29, 1.82) is 0 Å². The van der Waals surface area contributed by atoms with E-state index in [1.807, 2.05) is 6.92 Å². The van der Waals surface area contributed by atoms with E-state index in [9.17, 15) is 18.0 Å². The number of sulfone groups is 1. The van der Waals surface area contributed by atoms with Gasteiger partial charge in [0.25, 0.3) is 5.91 Å². The smallest absolute Gasteiger partial charge is 0.255 e. The Morgan fingerprint density at radius 1 is 0.931 bits per heavy atom. The molecule has 0 saturated carbocycles. The van der Waals surface area contributed by atoms with Gasteiger partial charge in [0.15, 0.2) is 5.78 Å². The van der Waals surface area contributed by atoms with E-state index in [0.29, 0.717) is 18.0 Å². The lowest BCUT2D eigenvalue weighted by Crippen LogP contribution is -2.21. The highest BCUT2D eigenvalue weighted by Gasteiger charge is 2.35. The lowest BCUT2D eigenvalue weighted by molar-refractivity contribution is 0.101. The van der Waals surface area contributed by atoms with Crippen molar-refractivity contribution in [2.75, 3.05) is 11.9 Å². The van der Waals surface area contributed by atoms with Crippen LogP contribution >= 0.6 is 0 Å². The summed E-state index contributed by atoms with van der Waals surface area (Å²) in [7, 11) is -3.91. The van der Waals surface area contributed by atoms with Gasteiger partial charge in [-0.05, 0) is 49.4 Å². The quantitative estimate of drug-likeness (QED) is 0.557. The van der Waals surface area contributed by atoms with Gasteiger partial charge < -0.3 is 10.1 Å². The van der Waals surface area contributed by atoms with Crippen LogP contribution in [0.25, 0.3) is 0 Å².